The van der Waals surface area contributed by atoms with Gasteiger partial charge in [-0.1, -0.05) is 27.2 Å². The average Bonchev–Trinajstić information content (AvgIpc) is 2.44. The fourth-order valence-corrected chi connectivity index (χ4v) is 1.92. The summed E-state index contributed by atoms with van der Waals surface area (Å²) in [7, 11) is 0. The molecule has 0 aliphatic heterocycles. The van der Waals surface area contributed by atoms with Crippen LogP contribution in [-0.2, 0) is 0 Å². The first-order valence-electron chi connectivity index (χ1n) is 7.22. The van der Waals surface area contributed by atoms with Gasteiger partial charge in [0.05, 0.1) is 0 Å². The van der Waals surface area contributed by atoms with Crippen molar-refractivity contribution in [3.05, 3.63) is 23.9 Å². The van der Waals surface area contributed by atoms with Crippen LogP contribution in [0.25, 0.3) is 0 Å². The number of carbonyl (C=O) groups is 1. The third kappa shape index (κ3) is 5.28. The van der Waals surface area contributed by atoms with E-state index in [-0.39, 0.29) is 11.9 Å². The number of carbonyl (C=O) groups excluding carboxylic acids is 1. The van der Waals surface area contributed by atoms with E-state index in [2.05, 4.69) is 36.4 Å². The van der Waals surface area contributed by atoms with Crippen molar-refractivity contribution in [2.75, 3.05) is 11.9 Å². The molecule has 1 unspecified atom stereocenters. The van der Waals surface area contributed by atoms with Crippen LogP contribution in [0.15, 0.2) is 18.3 Å². The Kier molecular flexibility index (Phi) is 6.93. The van der Waals surface area contributed by atoms with E-state index >= 15 is 0 Å². The van der Waals surface area contributed by atoms with Gasteiger partial charge in [0.1, 0.15) is 5.82 Å². The predicted molar refractivity (Wildman–Crippen MR) is 79.5 cm³/mol. The molecular weight excluding hydrogens is 238 g/mol. The van der Waals surface area contributed by atoms with Gasteiger partial charge in [-0.15, -0.1) is 0 Å². The summed E-state index contributed by atoms with van der Waals surface area (Å²) < 4.78 is 0. The minimum atomic E-state index is -0.0118. The number of amides is 1. The Morgan fingerprint density at radius 3 is 2.74 bits per heavy atom. The van der Waals surface area contributed by atoms with E-state index < -0.39 is 0 Å². The lowest BCUT2D eigenvalue weighted by molar-refractivity contribution is 0.0933. The van der Waals surface area contributed by atoms with Gasteiger partial charge in [-0.05, 0) is 31.4 Å². The minimum absolute atomic E-state index is 0.0118. The standard InChI is InChI=1S/C15H25N3O/c1-4-7-13(6-3)18-15(19)12-8-10-17-14(11-12)16-9-5-2/h8,10-11,13H,4-7,9H2,1-3H3,(H,16,17)(H,18,19). The highest BCUT2D eigenvalue weighted by molar-refractivity contribution is 5.94. The van der Waals surface area contributed by atoms with Crippen molar-refractivity contribution in [2.45, 2.75) is 52.5 Å². The maximum Gasteiger partial charge on any atom is 0.251 e. The van der Waals surface area contributed by atoms with Crippen molar-refractivity contribution in [3.63, 3.8) is 0 Å². The average molecular weight is 263 g/mol. The molecular formula is C15H25N3O. The Labute approximate surface area is 116 Å². The summed E-state index contributed by atoms with van der Waals surface area (Å²) in [5.74, 6) is 0.750. The van der Waals surface area contributed by atoms with Crippen molar-refractivity contribution in [1.82, 2.24) is 10.3 Å². The van der Waals surface area contributed by atoms with Gasteiger partial charge in [0, 0.05) is 24.3 Å². The normalized spacial score (nSPS) is 11.9. The summed E-state index contributed by atoms with van der Waals surface area (Å²) in [4.78, 5) is 16.4. The Hall–Kier alpha value is -1.58. The summed E-state index contributed by atoms with van der Waals surface area (Å²) in [6, 6.07) is 3.83. The molecule has 1 heterocycles. The van der Waals surface area contributed by atoms with Crippen LogP contribution in [0.2, 0.25) is 0 Å². The first-order chi connectivity index (χ1) is 9.21. The fraction of sp³-hybridized carbons (Fsp3) is 0.600. The third-order valence-electron chi connectivity index (χ3n) is 3.04. The molecule has 4 nitrogen and oxygen atoms in total. The summed E-state index contributed by atoms with van der Waals surface area (Å²) in [6.45, 7) is 7.20. The minimum Gasteiger partial charge on any atom is -0.370 e. The number of hydrogen-bond donors (Lipinski definition) is 2. The molecule has 1 aromatic rings. The van der Waals surface area contributed by atoms with Gasteiger partial charge in [0.15, 0.2) is 0 Å². The van der Waals surface area contributed by atoms with Crippen LogP contribution in [0.5, 0.6) is 0 Å². The van der Waals surface area contributed by atoms with E-state index in [4.69, 9.17) is 0 Å². The molecule has 1 rings (SSSR count). The second-order valence-corrected chi connectivity index (χ2v) is 4.72. The van der Waals surface area contributed by atoms with Crippen molar-refractivity contribution >= 4 is 11.7 Å². The Morgan fingerprint density at radius 2 is 2.11 bits per heavy atom. The lowest BCUT2D eigenvalue weighted by atomic mass is 10.1. The van der Waals surface area contributed by atoms with Gasteiger partial charge in [0.2, 0.25) is 0 Å². The van der Waals surface area contributed by atoms with E-state index in [1.807, 2.05) is 6.07 Å². The molecule has 2 N–H and O–H groups in total. The van der Waals surface area contributed by atoms with Gasteiger partial charge < -0.3 is 10.6 Å². The molecule has 19 heavy (non-hydrogen) atoms. The first kappa shape index (κ1) is 15.5. The largest absolute Gasteiger partial charge is 0.370 e. The monoisotopic (exact) mass is 263 g/mol. The van der Waals surface area contributed by atoms with Gasteiger partial charge >= 0.3 is 0 Å². The molecule has 0 aromatic carbocycles. The molecule has 1 amide bonds. The molecule has 0 aliphatic carbocycles. The molecule has 1 aromatic heterocycles. The lowest BCUT2D eigenvalue weighted by Crippen LogP contribution is -2.34. The zero-order chi connectivity index (χ0) is 14.1. The lowest BCUT2D eigenvalue weighted by Gasteiger charge is -2.16. The highest BCUT2D eigenvalue weighted by Gasteiger charge is 2.11. The maximum atomic E-state index is 12.1. The first-order valence-corrected chi connectivity index (χ1v) is 7.22. The third-order valence-corrected chi connectivity index (χ3v) is 3.04. The fourth-order valence-electron chi connectivity index (χ4n) is 1.92. The number of nitrogens with one attached hydrogen (secondary N) is 2. The van der Waals surface area contributed by atoms with Crippen LogP contribution >= 0.6 is 0 Å². The van der Waals surface area contributed by atoms with Crippen LogP contribution in [0, 0.1) is 0 Å². The van der Waals surface area contributed by atoms with E-state index in [0.29, 0.717) is 5.56 Å². The quantitative estimate of drug-likeness (QED) is 0.757. The molecule has 0 fully saturated rings. The molecule has 0 spiro atoms. The Morgan fingerprint density at radius 1 is 1.32 bits per heavy atom. The van der Waals surface area contributed by atoms with Gasteiger partial charge in [-0.25, -0.2) is 4.98 Å². The van der Waals surface area contributed by atoms with E-state index in [1.54, 1.807) is 12.3 Å². The molecule has 106 valence electrons. The van der Waals surface area contributed by atoms with Crippen molar-refractivity contribution in [3.8, 4) is 0 Å². The Bertz CT molecular complexity index is 393. The number of aromatic nitrogens is 1. The number of rotatable bonds is 8. The predicted octanol–water partition coefficient (Wildman–Crippen LogP) is 3.21. The highest BCUT2D eigenvalue weighted by Crippen LogP contribution is 2.08. The van der Waals surface area contributed by atoms with E-state index in [1.165, 1.54) is 0 Å². The second kappa shape index (κ2) is 8.51. The summed E-state index contributed by atoms with van der Waals surface area (Å²) in [5, 5.41) is 6.26. The number of pyridine rings is 1. The van der Waals surface area contributed by atoms with Crippen LogP contribution in [0.3, 0.4) is 0 Å². The van der Waals surface area contributed by atoms with Crippen LogP contribution in [-0.4, -0.2) is 23.5 Å². The SMILES string of the molecule is CCCNc1cc(C(=O)NC(CC)CCC)ccn1. The Balaban J connectivity index is 2.65. The highest BCUT2D eigenvalue weighted by atomic mass is 16.1. The summed E-state index contributed by atoms with van der Waals surface area (Å²) >= 11 is 0. The zero-order valence-corrected chi connectivity index (χ0v) is 12.2. The zero-order valence-electron chi connectivity index (χ0n) is 12.2. The van der Waals surface area contributed by atoms with Crippen molar-refractivity contribution < 1.29 is 4.79 Å². The van der Waals surface area contributed by atoms with Gasteiger partial charge in [-0.3, -0.25) is 4.79 Å². The van der Waals surface area contributed by atoms with E-state index in [0.717, 1.165) is 38.0 Å². The molecule has 0 saturated carbocycles. The number of anilines is 1. The van der Waals surface area contributed by atoms with Crippen LogP contribution in [0.4, 0.5) is 5.82 Å². The molecule has 4 heteroatoms. The van der Waals surface area contributed by atoms with E-state index in [9.17, 15) is 4.79 Å². The maximum absolute atomic E-state index is 12.1. The van der Waals surface area contributed by atoms with Crippen LogP contribution < -0.4 is 10.6 Å². The summed E-state index contributed by atoms with van der Waals surface area (Å²) in [5.41, 5.74) is 0.670. The van der Waals surface area contributed by atoms with Crippen LogP contribution in [0.1, 0.15) is 56.8 Å². The topological polar surface area (TPSA) is 54.0 Å². The molecule has 0 radical (unpaired) electrons. The van der Waals surface area contributed by atoms with Crippen molar-refractivity contribution in [2.24, 2.45) is 0 Å². The number of nitrogens with zero attached hydrogens (tertiary/aromatic N) is 1. The second-order valence-electron chi connectivity index (χ2n) is 4.72. The molecule has 1 atom stereocenters. The smallest absolute Gasteiger partial charge is 0.251 e. The van der Waals surface area contributed by atoms with Gasteiger partial charge in [0.25, 0.3) is 5.91 Å². The molecule has 0 saturated heterocycles. The molecule has 0 bridgehead atoms. The van der Waals surface area contributed by atoms with Gasteiger partial charge in [-0.2, -0.15) is 0 Å². The summed E-state index contributed by atoms with van der Waals surface area (Å²) in [6.07, 6.45) is 5.78. The molecule has 0 aliphatic rings. The van der Waals surface area contributed by atoms with Crippen molar-refractivity contribution in [1.29, 1.82) is 0 Å². The number of hydrogen-bond acceptors (Lipinski definition) is 3.